The van der Waals surface area contributed by atoms with Gasteiger partial charge in [0, 0.05) is 15.7 Å². The molecule has 7 heteroatoms. The molecule has 0 saturated carbocycles. The summed E-state index contributed by atoms with van der Waals surface area (Å²) in [5.41, 5.74) is 1.67. The summed E-state index contributed by atoms with van der Waals surface area (Å²) >= 11 is 4.94. The van der Waals surface area contributed by atoms with Crippen molar-refractivity contribution in [2.24, 2.45) is 0 Å². The molecule has 0 unspecified atom stereocenters. The molecule has 0 spiro atoms. The van der Waals surface area contributed by atoms with Crippen molar-refractivity contribution in [1.29, 1.82) is 0 Å². The van der Waals surface area contributed by atoms with E-state index in [-0.39, 0.29) is 0 Å². The summed E-state index contributed by atoms with van der Waals surface area (Å²) in [7, 11) is 0. The highest BCUT2D eigenvalue weighted by Gasteiger charge is 2.44. The molecule has 1 aliphatic heterocycles. The van der Waals surface area contributed by atoms with Crippen LogP contribution in [0.25, 0.3) is 5.70 Å². The van der Waals surface area contributed by atoms with Gasteiger partial charge in [-0.15, -0.1) is 0 Å². The van der Waals surface area contributed by atoms with E-state index in [0.717, 1.165) is 28.6 Å². The van der Waals surface area contributed by atoms with Crippen LogP contribution in [0.15, 0.2) is 55.6 Å². The molecule has 132 valence electrons. The first-order valence-corrected chi connectivity index (χ1v) is 9.75. The zero-order valence-electron chi connectivity index (χ0n) is 14.1. The van der Waals surface area contributed by atoms with Crippen LogP contribution in [0.4, 0.5) is 0 Å². The Bertz CT molecular complexity index is 854. The number of hydrogen-bond donors (Lipinski definition) is 0. The highest BCUT2D eigenvalue weighted by atomic mass is 79.9. The summed E-state index contributed by atoms with van der Waals surface area (Å²) < 4.78 is 13.6. The van der Waals surface area contributed by atoms with Gasteiger partial charge in [0.1, 0.15) is 0 Å². The van der Waals surface area contributed by atoms with Crippen LogP contribution in [0.5, 0.6) is 0 Å². The van der Waals surface area contributed by atoms with E-state index in [4.69, 9.17) is 9.26 Å². The van der Waals surface area contributed by atoms with Crippen LogP contribution in [-0.4, -0.2) is 16.3 Å². The van der Waals surface area contributed by atoms with Crippen molar-refractivity contribution >= 4 is 33.4 Å². The van der Waals surface area contributed by atoms with Gasteiger partial charge in [0.2, 0.25) is 10.8 Å². The Labute approximate surface area is 158 Å². The highest BCUT2D eigenvalue weighted by molar-refractivity contribution is 9.10. The first kappa shape index (κ1) is 18.2. The molecule has 1 aromatic heterocycles. The molecule has 2 heterocycles. The van der Waals surface area contributed by atoms with Crippen LogP contribution in [0.1, 0.15) is 38.1 Å². The SMILES string of the molecule is CCC/C=C\CO[C@]1(c2ccc(Br)cc2)SC=C(C)n2c1noc2=O. The van der Waals surface area contributed by atoms with Crippen LogP contribution < -0.4 is 5.76 Å². The number of nitrogens with zero attached hydrogens (tertiary/aromatic N) is 2. The summed E-state index contributed by atoms with van der Waals surface area (Å²) in [6.07, 6.45) is 6.20. The number of ether oxygens (including phenoxy) is 1. The summed E-state index contributed by atoms with van der Waals surface area (Å²) in [6.45, 7) is 4.39. The molecule has 0 radical (unpaired) electrons. The fourth-order valence-corrected chi connectivity index (χ4v) is 3.96. The van der Waals surface area contributed by atoms with Crippen LogP contribution in [0.2, 0.25) is 0 Å². The number of halogens is 1. The Hall–Kier alpha value is -1.57. The Morgan fingerprint density at radius 3 is 2.84 bits per heavy atom. The number of fused-ring (bicyclic) bond motifs is 1. The zero-order valence-corrected chi connectivity index (χ0v) is 16.5. The van der Waals surface area contributed by atoms with Crippen molar-refractivity contribution in [3.05, 3.63) is 68.2 Å². The summed E-state index contributed by atoms with van der Waals surface area (Å²) in [4.78, 5) is 11.1. The van der Waals surface area contributed by atoms with Gasteiger partial charge in [0.25, 0.3) is 0 Å². The van der Waals surface area contributed by atoms with Gasteiger partial charge in [0.15, 0.2) is 0 Å². The summed E-state index contributed by atoms with van der Waals surface area (Å²) in [5, 5.41) is 5.93. The molecule has 2 aromatic rings. The molecular formula is C18H19BrN2O3S. The van der Waals surface area contributed by atoms with Crippen molar-refractivity contribution in [3.63, 3.8) is 0 Å². The van der Waals surface area contributed by atoms with Gasteiger partial charge in [-0.2, -0.15) is 0 Å². The average molecular weight is 423 g/mol. The molecular weight excluding hydrogens is 404 g/mol. The molecule has 0 bridgehead atoms. The van der Waals surface area contributed by atoms with Crippen molar-refractivity contribution in [3.8, 4) is 0 Å². The lowest BCUT2D eigenvalue weighted by Gasteiger charge is -2.33. The fourth-order valence-electron chi connectivity index (χ4n) is 2.61. The van der Waals surface area contributed by atoms with Crippen molar-refractivity contribution in [2.75, 3.05) is 6.61 Å². The minimum atomic E-state index is -0.928. The number of unbranched alkanes of at least 4 members (excludes halogenated alkanes) is 1. The van der Waals surface area contributed by atoms with Gasteiger partial charge in [-0.1, -0.05) is 70.5 Å². The van der Waals surface area contributed by atoms with E-state index in [9.17, 15) is 4.79 Å². The second-order valence-electron chi connectivity index (χ2n) is 5.68. The lowest BCUT2D eigenvalue weighted by molar-refractivity contribution is 0.0642. The van der Waals surface area contributed by atoms with Crippen LogP contribution >= 0.6 is 27.7 Å². The Morgan fingerprint density at radius 2 is 2.12 bits per heavy atom. The minimum absolute atomic E-state index is 0.414. The third kappa shape index (κ3) is 3.54. The number of hydrogen-bond acceptors (Lipinski definition) is 5. The summed E-state index contributed by atoms with van der Waals surface area (Å²) in [6, 6.07) is 7.82. The topological polar surface area (TPSA) is 57.3 Å². The molecule has 1 aromatic carbocycles. The van der Waals surface area contributed by atoms with Gasteiger partial charge >= 0.3 is 5.76 Å². The second kappa shape index (κ2) is 7.76. The lowest BCUT2D eigenvalue weighted by Crippen LogP contribution is -2.35. The van der Waals surface area contributed by atoms with Crippen LogP contribution in [0, 0.1) is 0 Å². The molecule has 1 atom stereocenters. The van der Waals surface area contributed by atoms with E-state index < -0.39 is 10.7 Å². The third-order valence-corrected chi connectivity index (χ3v) is 5.73. The normalized spacial score (nSPS) is 19.9. The van der Waals surface area contributed by atoms with E-state index in [1.807, 2.05) is 42.7 Å². The number of rotatable bonds is 6. The Morgan fingerprint density at radius 1 is 1.36 bits per heavy atom. The first-order chi connectivity index (χ1) is 12.1. The lowest BCUT2D eigenvalue weighted by atomic mass is 10.1. The zero-order chi connectivity index (χ0) is 17.9. The quantitative estimate of drug-likeness (QED) is 0.629. The average Bonchev–Trinajstić information content (AvgIpc) is 3.01. The number of thioether (sulfide) groups is 1. The van der Waals surface area contributed by atoms with E-state index in [0.29, 0.717) is 12.4 Å². The predicted octanol–water partition coefficient (Wildman–Crippen LogP) is 4.74. The number of aromatic nitrogens is 2. The molecule has 0 aliphatic carbocycles. The molecule has 5 nitrogen and oxygen atoms in total. The maximum atomic E-state index is 12.1. The molecule has 0 fully saturated rings. The number of allylic oxidation sites excluding steroid dienone is 2. The standard InChI is InChI=1S/C18H19BrN2O3S/c1-3-4-5-6-11-23-18(14-7-9-15(19)10-8-14)16-20-24-17(22)21(16)13(2)12-25-18/h5-10,12H,3-4,11H2,1-2H3/b6-5-/t18-/m1/s1. The molecule has 0 N–H and O–H groups in total. The van der Waals surface area contributed by atoms with Crippen LogP contribution in [0.3, 0.4) is 0 Å². The predicted molar refractivity (Wildman–Crippen MR) is 103 cm³/mol. The molecule has 0 saturated heterocycles. The van der Waals surface area contributed by atoms with E-state index >= 15 is 0 Å². The van der Waals surface area contributed by atoms with Gasteiger partial charge in [-0.3, -0.25) is 4.52 Å². The van der Waals surface area contributed by atoms with Crippen LogP contribution in [-0.2, 0) is 9.67 Å². The second-order valence-corrected chi connectivity index (χ2v) is 7.64. The number of benzene rings is 1. The Balaban J connectivity index is 2.04. The molecule has 1 aliphatic rings. The monoisotopic (exact) mass is 422 g/mol. The maximum Gasteiger partial charge on any atom is 0.446 e. The molecule has 25 heavy (non-hydrogen) atoms. The van der Waals surface area contributed by atoms with Gasteiger partial charge in [-0.25, -0.2) is 9.36 Å². The molecule has 3 rings (SSSR count). The smallest absolute Gasteiger partial charge is 0.348 e. The van der Waals surface area contributed by atoms with E-state index in [2.05, 4.69) is 34.1 Å². The van der Waals surface area contributed by atoms with Gasteiger partial charge in [-0.05, 0) is 30.9 Å². The largest absolute Gasteiger partial charge is 0.446 e. The highest BCUT2D eigenvalue weighted by Crippen LogP contribution is 2.47. The summed E-state index contributed by atoms with van der Waals surface area (Å²) in [5.74, 6) is -0.0515. The van der Waals surface area contributed by atoms with E-state index in [1.54, 1.807) is 0 Å². The minimum Gasteiger partial charge on any atom is -0.348 e. The first-order valence-electron chi connectivity index (χ1n) is 8.07. The van der Waals surface area contributed by atoms with Gasteiger partial charge < -0.3 is 4.74 Å². The van der Waals surface area contributed by atoms with Crippen molar-refractivity contribution in [2.45, 2.75) is 31.6 Å². The Kier molecular flexibility index (Phi) is 5.66. The molecule has 0 amide bonds. The third-order valence-electron chi connectivity index (χ3n) is 3.88. The van der Waals surface area contributed by atoms with Gasteiger partial charge in [0.05, 0.1) is 6.61 Å². The van der Waals surface area contributed by atoms with E-state index in [1.165, 1.54) is 16.3 Å². The van der Waals surface area contributed by atoms with Crippen molar-refractivity contribution < 1.29 is 9.26 Å². The fraction of sp³-hybridized carbons (Fsp3) is 0.333. The maximum absolute atomic E-state index is 12.1. The van der Waals surface area contributed by atoms with Crippen molar-refractivity contribution in [1.82, 2.24) is 9.72 Å².